The van der Waals surface area contributed by atoms with E-state index in [9.17, 15) is 4.79 Å². The van der Waals surface area contributed by atoms with E-state index in [0.717, 1.165) is 33.6 Å². The zero-order valence-electron chi connectivity index (χ0n) is 26.6. The van der Waals surface area contributed by atoms with Gasteiger partial charge in [0.1, 0.15) is 11.2 Å². The molecule has 0 aliphatic rings. The first-order valence-corrected chi connectivity index (χ1v) is 15.7. The Morgan fingerprint density at radius 3 is 2.28 bits per heavy atom. The number of furan rings is 1. The maximum atomic E-state index is 10.0. The Balaban J connectivity index is 0.000000471. The summed E-state index contributed by atoms with van der Waals surface area (Å²) in [6.45, 7) is 11.5. The Morgan fingerprint density at radius 1 is 0.891 bits per heavy atom. The molecule has 233 valence electrons. The number of aliphatic hydroxyl groups excluding tert-OH is 1. The van der Waals surface area contributed by atoms with Gasteiger partial charge in [0.05, 0.1) is 5.76 Å². The van der Waals surface area contributed by atoms with Crippen LogP contribution in [0.1, 0.15) is 36.1 Å². The second-order valence-electron chi connectivity index (χ2n) is 11.6. The van der Waals surface area contributed by atoms with Crippen LogP contribution in [0.3, 0.4) is 0 Å². The summed E-state index contributed by atoms with van der Waals surface area (Å²) in [5.41, 5.74) is 12.3. The SMILES string of the molecule is CC(=O)/C=C(/C)O.Cc1[c-]c(-c2ncc(-c3ccccc3)c3cc(-c4c(C)cc5c(oc6ccccc65)c4C)sc23)cc(C)c1.[Ir]. The maximum absolute atomic E-state index is 10.0. The molecule has 7 rings (SSSR count). The van der Waals surface area contributed by atoms with Crippen molar-refractivity contribution in [3.8, 4) is 32.8 Å². The molecule has 1 radical (unpaired) electrons. The molecule has 0 unspecified atom stereocenters. The number of carbonyl (C=O) groups is 1. The number of aliphatic hydroxyl groups is 1. The number of nitrogens with zero attached hydrogens (tertiary/aromatic N) is 1. The van der Waals surface area contributed by atoms with E-state index < -0.39 is 0 Å². The molecule has 4 nitrogen and oxygen atoms in total. The van der Waals surface area contributed by atoms with Crippen LogP contribution in [-0.2, 0) is 24.9 Å². The third-order valence-corrected chi connectivity index (χ3v) is 8.97. The molecule has 0 fully saturated rings. The number of aromatic nitrogens is 1. The van der Waals surface area contributed by atoms with Crippen molar-refractivity contribution in [2.24, 2.45) is 0 Å². The van der Waals surface area contributed by atoms with E-state index >= 15 is 0 Å². The minimum Gasteiger partial charge on any atom is -0.512 e. The number of carbonyl (C=O) groups excluding carboxylic acids is 1. The number of ketones is 1. The standard InChI is InChI=1S/C35H26NOS.C5H8O2.Ir/c1-20-14-21(2)16-25(15-20)33-35-28(29(19-36-33)24-10-6-5-7-11-24)18-31(38-35)32-22(3)17-27-26-12-8-9-13-30(26)37-34(27)23(32)4;1-4(6)3-5(2)7;/h5-15,17-19H,1-4H3;3,6H,1-2H3;/q-1;;/b;4-3-;. The van der Waals surface area contributed by atoms with Gasteiger partial charge in [-0.05, 0) is 62.4 Å². The Morgan fingerprint density at radius 2 is 1.61 bits per heavy atom. The van der Waals surface area contributed by atoms with Gasteiger partial charge in [-0.2, -0.15) is 0 Å². The molecule has 0 saturated carbocycles. The van der Waals surface area contributed by atoms with Crippen LogP contribution in [0.4, 0.5) is 0 Å². The van der Waals surface area contributed by atoms with Crippen molar-refractivity contribution in [1.82, 2.24) is 4.98 Å². The van der Waals surface area contributed by atoms with Gasteiger partial charge in [0.15, 0.2) is 5.78 Å². The van der Waals surface area contributed by atoms with Crippen LogP contribution in [0.15, 0.2) is 101 Å². The van der Waals surface area contributed by atoms with Gasteiger partial charge >= 0.3 is 0 Å². The Hall–Kier alpha value is -4.35. The molecule has 0 saturated heterocycles. The van der Waals surface area contributed by atoms with Gasteiger partial charge in [-0.3, -0.25) is 4.79 Å². The molecule has 0 amide bonds. The molecule has 0 bridgehead atoms. The zero-order valence-corrected chi connectivity index (χ0v) is 29.8. The Labute approximate surface area is 286 Å². The smallest absolute Gasteiger partial charge is 0.155 e. The largest absolute Gasteiger partial charge is 0.512 e. The molecule has 0 aliphatic carbocycles. The van der Waals surface area contributed by atoms with Crippen LogP contribution < -0.4 is 0 Å². The molecule has 0 spiro atoms. The summed E-state index contributed by atoms with van der Waals surface area (Å²) in [5.74, 6) is -0.0625. The van der Waals surface area contributed by atoms with E-state index in [1.807, 2.05) is 29.7 Å². The maximum Gasteiger partial charge on any atom is 0.155 e. The number of thiophene rings is 1. The number of rotatable bonds is 4. The molecule has 3 heterocycles. The first-order chi connectivity index (χ1) is 21.6. The van der Waals surface area contributed by atoms with Crippen molar-refractivity contribution in [2.45, 2.75) is 41.5 Å². The minimum atomic E-state index is -0.125. The second kappa shape index (κ2) is 13.6. The second-order valence-corrected chi connectivity index (χ2v) is 12.6. The van der Waals surface area contributed by atoms with Crippen molar-refractivity contribution < 1.29 is 34.4 Å². The summed E-state index contributed by atoms with van der Waals surface area (Å²) < 4.78 is 7.56. The quantitative estimate of drug-likeness (QED) is 0.109. The van der Waals surface area contributed by atoms with Gasteiger partial charge in [0.2, 0.25) is 0 Å². The predicted molar refractivity (Wildman–Crippen MR) is 188 cm³/mol. The molecule has 7 aromatic rings. The third-order valence-electron chi connectivity index (χ3n) is 7.81. The Bertz CT molecular complexity index is 2240. The topological polar surface area (TPSA) is 63.3 Å². The summed E-state index contributed by atoms with van der Waals surface area (Å²) in [7, 11) is 0. The van der Waals surface area contributed by atoms with Crippen molar-refractivity contribution >= 4 is 49.1 Å². The van der Waals surface area contributed by atoms with Gasteiger partial charge < -0.3 is 14.5 Å². The molecule has 4 aromatic carbocycles. The van der Waals surface area contributed by atoms with Crippen LogP contribution in [0.25, 0.3) is 64.8 Å². The van der Waals surface area contributed by atoms with E-state index in [1.54, 1.807) is 0 Å². The van der Waals surface area contributed by atoms with Gasteiger partial charge in [-0.1, -0.05) is 62.4 Å². The average molecular weight is 801 g/mol. The molecule has 0 atom stereocenters. The van der Waals surface area contributed by atoms with E-state index in [-0.39, 0.29) is 31.6 Å². The number of aryl methyl sites for hydroxylation is 4. The number of para-hydroxylation sites is 1. The van der Waals surface area contributed by atoms with E-state index in [0.29, 0.717) is 0 Å². The summed E-state index contributed by atoms with van der Waals surface area (Å²) in [5, 5.41) is 11.9. The van der Waals surface area contributed by atoms with Crippen molar-refractivity contribution in [2.75, 3.05) is 0 Å². The molecule has 0 aliphatic heterocycles. The fraction of sp³-hybridized carbons (Fsp3) is 0.150. The summed E-state index contributed by atoms with van der Waals surface area (Å²) >= 11 is 1.81. The number of hydrogen-bond donors (Lipinski definition) is 1. The minimum absolute atomic E-state index is 0. The Kier molecular flexibility index (Phi) is 9.74. The summed E-state index contributed by atoms with van der Waals surface area (Å²) in [6, 6.07) is 31.4. The molecule has 3 aromatic heterocycles. The van der Waals surface area contributed by atoms with Gasteiger partial charge in [-0.25, -0.2) is 0 Å². The monoisotopic (exact) mass is 801 g/mol. The predicted octanol–water partition coefficient (Wildman–Crippen LogP) is 11.3. The van der Waals surface area contributed by atoms with Crippen molar-refractivity contribution in [1.29, 1.82) is 0 Å². The molecule has 1 N–H and O–H groups in total. The molecule has 6 heteroatoms. The first-order valence-electron chi connectivity index (χ1n) is 14.9. The normalized spacial score (nSPS) is 11.4. The van der Waals surface area contributed by atoms with Crippen LogP contribution >= 0.6 is 11.3 Å². The molecule has 46 heavy (non-hydrogen) atoms. The number of pyridine rings is 1. The summed E-state index contributed by atoms with van der Waals surface area (Å²) in [6.07, 6.45) is 3.19. The van der Waals surface area contributed by atoms with Crippen molar-refractivity contribution in [3.63, 3.8) is 0 Å². The van der Waals surface area contributed by atoms with Crippen LogP contribution in [-0.4, -0.2) is 15.9 Å². The van der Waals surface area contributed by atoms with Crippen molar-refractivity contribution in [3.05, 3.63) is 125 Å². The number of hydrogen-bond acceptors (Lipinski definition) is 5. The number of allylic oxidation sites excluding steroid dienone is 2. The fourth-order valence-corrected chi connectivity index (χ4v) is 7.42. The number of fused-ring (bicyclic) bond motifs is 4. The van der Waals surface area contributed by atoms with E-state index in [1.165, 1.54) is 73.5 Å². The summed E-state index contributed by atoms with van der Waals surface area (Å²) in [4.78, 5) is 16.3. The zero-order chi connectivity index (χ0) is 31.8. The van der Waals surface area contributed by atoms with Gasteiger partial charge in [0.25, 0.3) is 0 Å². The van der Waals surface area contributed by atoms with Crippen LogP contribution in [0, 0.1) is 33.8 Å². The molecular weight excluding hydrogens is 767 g/mol. The third kappa shape index (κ3) is 6.47. The number of benzene rings is 4. The van der Waals surface area contributed by atoms with Crippen LogP contribution in [0.2, 0.25) is 0 Å². The van der Waals surface area contributed by atoms with Gasteiger partial charge in [-0.15, -0.1) is 46.2 Å². The molecular formula is C40H34IrNO3S-. The van der Waals surface area contributed by atoms with Crippen LogP contribution in [0.5, 0.6) is 0 Å². The first kappa shape index (κ1) is 33.0. The van der Waals surface area contributed by atoms with E-state index in [2.05, 4.69) is 100 Å². The van der Waals surface area contributed by atoms with Gasteiger partial charge in [0, 0.05) is 75.1 Å². The average Bonchev–Trinajstić information content (AvgIpc) is 3.59. The fourth-order valence-electron chi connectivity index (χ4n) is 6.07. The van der Waals surface area contributed by atoms with E-state index in [4.69, 9.17) is 14.5 Å².